The molecule has 1 heterocycles. The topological polar surface area (TPSA) is 99.2 Å². The molecule has 1 aliphatic heterocycles. The number of alkyl carbamates (subject to hydrolysis) is 1. The fourth-order valence-electron chi connectivity index (χ4n) is 4.91. The van der Waals surface area contributed by atoms with Crippen molar-refractivity contribution in [1.82, 2.24) is 15.1 Å². The maximum atomic E-state index is 13.1. The summed E-state index contributed by atoms with van der Waals surface area (Å²) in [5.41, 5.74) is 4.59. The number of likely N-dealkylation sites (tertiary alicyclic amines) is 1. The van der Waals surface area contributed by atoms with Gasteiger partial charge in [-0.2, -0.15) is 0 Å². The van der Waals surface area contributed by atoms with Gasteiger partial charge in [-0.1, -0.05) is 48.5 Å². The van der Waals surface area contributed by atoms with Gasteiger partial charge in [0.25, 0.3) is 0 Å². The van der Waals surface area contributed by atoms with E-state index in [4.69, 9.17) is 9.84 Å². The highest BCUT2D eigenvalue weighted by Crippen LogP contribution is 2.44. The minimum absolute atomic E-state index is 0.0468. The molecule has 186 valence electrons. The number of amides is 2. The summed E-state index contributed by atoms with van der Waals surface area (Å²) in [5.74, 6) is -0.823. The molecule has 2 amide bonds. The highest BCUT2D eigenvalue weighted by Gasteiger charge is 2.35. The van der Waals surface area contributed by atoms with Gasteiger partial charge in [0, 0.05) is 25.4 Å². The molecule has 1 aliphatic carbocycles. The molecule has 1 fully saturated rings. The molecule has 2 aromatic rings. The van der Waals surface area contributed by atoms with Crippen molar-refractivity contribution in [2.45, 2.75) is 31.2 Å². The Bertz CT molecular complexity index is 1030. The van der Waals surface area contributed by atoms with Crippen LogP contribution in [0.1, 0.15) is 36.3 Å². The minimum atomic E-state index is -0.824. The molecular formula is C27H33N3O5. The molecule has 0 spiro atoms. The third-order valence-electron chi connectivity index (χ3n) is 6.83. The van der Waals surface area contributed by atoms with Crippen LogP contribution in [0.15, 0.2) is 48.5 Å². The Morgan fingerprint density at radius 2 is 1.66 bits per heavy atom. The smallest absolute Gasteiger partial charge is 0.407 e. The first-order chi connectivity index (χ1) is 16.8. The number of hydrogen-bond acceptors (Lipinski definition) is 5. The number of carboxylic acid groups (broad SMARTS) is 1. The molecule has 0 radical (unpaired) electrons. The van der Waals surface area contributed by atoms with Crippen LogP contribution in [0.5, 0.6) is 0 Å². The molecule has 1 saturated heterocycles. The summed E-state index contributed by atoms with van der Waals surface area (Å²) >= 11 is 0. The Labute approximate surface area is 205 Å². The number of fused-ring (bicyclic) bond motifs is 3. The van der Waals surface area contributed by atoms with Crippen LogP contribution < -0.4 is 5.32 Å². The quantitative estimate of drug-likeness (QED) is 0.543. The van der Waals surface area contributed by atoms with E-state index in [1.54, 1.807) is 4.90 Å². The summed E-state index contributed by atoms with van der Waals surface area (Å²) in [7, 11) is 3.83. The second-order valence-electron chi connectivity index (χ2n) is 9.66. The number of nitrogens with zero attached hydrogens (tertiary/aromatic N) is 2. The Morgan fingerprint density at radius 3 is 2.23 bits per heavy atom. The molecule has 1 unspecified atom stereocenters. The number of carbonyl (C=O) groups is 3. The van der Waals surface area contributed by atoms with Gasteiger partial charge in [-0.15, -0.1) is 0 Å². The van der Waals surface area contributed by atoms with E-state index < -0.39 is 18.1 Å². The number of hydrogen-bond donors (Lipinski definition) is 2. The second-order valence-corrected chi connectivity index (χ2v) is 9.66. The molecule has 2 aromatic carbocycles. The van der Waals surface area contributed by atoms with Gasteiger partial charge >= 0.3 is 12.1 Å². The molecule has 0 bridgehead atoms. The zero-order valence-corrected chi connectivity index (χ0v) is 20.3. The average Bonchev–Trinajstić information content (AvgIpc) is 3.12. The molecule has 0 aromatic heterocycles. The first-order valence-electron chi connectivity index (χ1n) is 12.1. The van der Waals surface area contributed by atoms with Crippen LogP contribution >= 0.6 is 0 Å². The van der Waals surface area contributed by atoms with E-state index in [2.05, 4.69) is 29.6 Å². The normalized spacial score (nSPS) is 15.8. The van der Waals surface area contributed by atoms with Gasteiger partial charge in [-0.05, 0) is 61.7 Å². The third kappa shape index (κ3) is 5.82. The van der Waals surface area contributed by atoms with Crippen LogP contribution in [-0.4, -0.2) is 79.3 Å². The number of ether oxygens (including phenoxy) is 1. The number of aliphatic carboxylic acids is 1. The first-order valence-corrected chi connectivity index (χ1v) is 12.1. The fraction of sp³-hybridized carbons (Fsp3) is 0.444. The second kappa shape index (κ2) is 10.9. The Kier molecular flexibility index (Phi) is 7.70. The monoisotopic (exact) mass is 479 g/mol. The zero-order valence-electron chi connectivity index (χ0n) is 20.3. The van der Waals surface area contributed by atoms with Gasteiger partial charge in [-0.25, -0.2) is 4.79 Å². The van der Waals surface area contributed by atoms with E-state index in [0.29, 0.717) is 32.5 Å². The lowest BCUT2D eigenvalue weighted by Crippen LogP contribution is -2.57. The van der Waals surface area contributed by atoms with E-state index in [0.717, 1.165) is 22.3 Å². The number of carbonyl (C=O) groups excluding carboxylic acids is 2. The largest absolute Gasteiger partial charge is 0.481 e. The van der Waals surface area contributed by atoms with Crippen LogP contribution in [0.2, 0.25) is 0 Å². The maximum Gasteiger partial charge on any atom is 0.407 e. The summed E-state index contributed by atoms with van der Waals surface area (Å²) < 4.78 is 5.64. The Morgan fingerprint density at radius 1 is 1.06 bits per heavy atom. The Hall–Kier alpha value is -3.39. The molecule has 0 saturated carbocycles. The van der Waals surface area contributed by atoms with Crippen molar-refractivity contribution >= 4 is 18.0 Å². The lowest BCUT2D eigenvalue weighted by atomic mass is 9.93. The number of rotatable bonds is 10. The van der Waals surface area contributed by atoms with E-state index in [1.807, 2.05) is 43.3 Å². The van der Waals surface area contributed by atoms with E-state index in [1.165, 1.54) is 0 Å². The first kappa shape index (κ1) is 24.7. The highest BCUT2D eigenvalue weighted by molar-refractivity contribution is 5.86. The predicted molar refractivity (Wildman–Crippen MR) is 132 cm³/mol. The number of benzene rings is 2. The summed E-state index contributed by atoms with van der Waals surface area (Å²) in [6.45, 7) is 1.87. The number of nitrogens with one attached hydrogen (secondary N) is 1. The summed E-state index contributed by atoms with van der Waals surface area (Å²) in [5, 5.41) is 11.6. The van der Waals surface area contributed by atoms with Gasteiger partial charge in [0.15, 0.2) is 0 Å². The van der Waals surface area contributed by atoms with Crippen molar-refractivity contribution in [3.8, 4) is 11.1 Å². The molecule has 35 heavy (non-hydrogen) atoms. The van der Waals surface area contributed by atoms with Crippen molar-refractivity contribution in [3.05, 3.63) is 59.7 Å². The van der Waals surface area contributed by atoms with Crippen molar-refractivity contribution in [2.24, 2.45) is 5.92 Å². The molecule has 2 aliphatic rings. The van der Waals surface area contributed by atoms with Crippen LogP contribution in [-0.2, 0) is 14.3 Å². The third-order valence-corrected chi connectivity index (χ3v) is 6.83. The van der Waals surface area contributed by atoms with E-state index >= 15 is 0 Å². The highest BCUT2D eigenvalue weighted by atomic mass is 16.5. The van der Waals surface area contributed by atoms with Crippen LogP contribution in [0.25, 0.3) is 11.1 Å². The number of carboxylic acids is 1. The summed E-state index contributed by atoms with van der Waals surface area (Å²) in [6.07, 6.45) is 0.523. The van der Waals surface area contributed by atoms with Gasteiger partial charge < -0.3 is 25.0 Å². The van der Waals surface area contributed by atoms with E-state index in [-0.39, 0.29) is 30.8 Å². The van der Waals surface area contributed by atoms with Crippen LogP contribution in [0.4, 0.5) is 4.79 Å². The lowest BCUT2D eigenvalue weighted by Gasteiger charge is -2.41. The predicted octanol–water partition coefficient (Wildman–Crippen LogP) is 3.17. The lowest BCUT2D eigenvalue weighted by molar-refractivity contribution is -0.141. The molecule has 8 heteroatoms. The molecule has 1 atom stereocenters. The van der Waals surface area contributed by atoms with Crippen molar-refractivity contribution in [3.63, 3.8) is 0 Å². The van der Waals surface area contributed by atoms with Gasteiger partial charge in [-0.3, -0.25) is 9.59 Å². The van der Waals surface area contributed by atoms with Crippen molar-refractivity contribution in [2.75, 3.05) is 40.3 Å². The minimum Gasteiger partial charge on any atom is -0.481 e. The molecule has 2 N–H and O–H groups in total. The summed E-state index contributed by atoms with van der Waals surface area (Å²) in [4.78, 5) is 40.3. The SMILES string of the molecule is CN(C)CCC(NC(=O)OCC1c2ccccc2-c2ccccc21)C(=O)N1CC(CCC(=O)O)C1. The molecule has 8 nitrogen and oxygen atoms in total. The van der Waals surface area contributed by atoms with Crippen LogP contribution in [0, 0.1) is 5.92 Å². The summed E-state index contributed by atoms with van der Waals surface area (Å²) in [6, 6.07) is 15.6. The molecular weight excluding hydrogens is 446 g/mol. The maximum absolute atomic E-state index is 13.1. The van der Waals surface area contributed by atoms with Crippen LogP contribution in [0.3, 0.4) is 0 Å². The van der Waals surface area contributed by atoms with Gasteiger partial charge in [0.1, 0.15) is 12.6 Å². The van der Waals surface area contributed by atoms with E-state index in [9.17, 15) is 14.4 Å². The van der Waals surface area contributed by atoms with Crippen molar-refractivity contribution < 1.29 is 24.2 Å². The van der Waals surface area contributed by atoms with Gasteiger partial charge in [0.05, 0.1) is 0 Å². The van der Waals surface area contributed by atoms with Crippen molar-refractivity contribution in [1.29, 1.82) is 0 Å². The van der Waals surface area contributed by atoms with Gasteiger partial charge in [0.2, 0.25) is 5.91 Å². The molecule has 4 rings (SSSR count). The Balaban J connectivity index is 1.35. The standard InChI is InChI=1S/C27H33N3O5/c1-29(2)14-13-24(26(33)30-15-18(16-30)11-12-25(31)32)28-27(34)35-17-23-21-9-5-3-7-19(21)20-8-4-6-10-22(20)23/h3-10,18,23-24H,11-17H2,1-2H3,(H,28,34)(H,31,32). The fourth-order valence-corrected chi connectivity index (χ4v) is 4.91. The average molecular weight is 480 g/mol. The zero-order chi connectivity index (χ0) is 24.9.